The molecule has 0 aliphatic carbocycles. The molecule has 6 heteroatoms. The van der Waals surface area contributed by atoms with Gasteiger partial charge in [0.25, 0.3) is 0 Å². The van der Waals surface area contributed by atoms with Crippen LogP contribution < -0.4 is 4.74 Å². The molecule has 1 atom stereocenters. The number of morpholine rings is 1. The lowest BCUT2D eigenvalue weighted by Crippen LogP contribution is -2.54. The van der Waals surface area contributed by atoms with Crippen molar-refractivity contribution in [2.24, 2.45) is 0 Å². The van der Waals surface area contributed by atoms with Gasteiger partial charge in [-0.1, -0.05) is 6.07 Å². The molecule has 1 aromatic carbocycles. The lowest BCUT2D eigenvalue weighted by atomic mass is 10.0. The summed E-state index contributed by atoms with van der Waals surface area (Å²) in [6.45, 7) is 3.20. The topological polar surface area (TPSA) is 42.0 Å². The molecule has 5 nitrogen and oxygen atoms in total. The van der Waals surface area contributed by atoms with Crippen molar-refractivity contribution < 1.29 is 18.7 Å². The summed E-state index contributed by atoms with van der Waals surface area (Å²) in [6.07, 6.45) is 0.906. The molecule has 2 fully saturated rings. The van der Waals surface area contributed by atoms with E-state index in [1.807, 2.05) is 7.05 Å². The Hall–Kier alpha value is -1.66. The quantitative estimate of drug-likeness (QED) is 0.843. The van der Waals surface area contributed by atoms with Crippen molar-refractivity contribution in [1.29, 1.82) is 0 Å². The standard InChI is InChI=1S/C16H21FN2O3/c1-18-10-16(22-9-15(18)20)5-6-19(11-16)8-12-3-4-13(17)14(7-12)21-2/h3-4,7H,5-6,8-11H2,1-2H3. The number of ether oxygens (including phenoxy) is 2. The highest BCUT2D eigenvalue weighted by Crippen LogP contribution is 2.30. The number of rotatable bonds is 3. The Labute approximate surface area is 129 Å². The van der Waals surface area contributed by atoms with Crippen LogP contribution in [0.25, 0.3) is 0 Å². The third kappa shape index (κ3) is 2.94. The molecule has 0 radical (unpaired) electrons. The zero-order valence-electron chi connectivity index (χ0n) is 13.0. The molecule has 1 aromatic rings. The Kier molecular flexibility index (Phi) is 4.06. The summed E-state index contributed by atoms with van der Waals surface area (Å²) >= 11 is 0. The van der Waals surface area contributed by atoms with Gasteiger partial charge in [0.2, 0.25) is 5.91 Å². The summed E-state index contributed by atoms with van der Waals surface area (Å²) in [5.41, 5.74) is 0.753. The van der Waals surface area contributed by atoms with Crippen molar-refractivity contribution in [2.75, 3.05) is 40.4 Å². The molecule has 3 rings (SSSR count). The first-order valence-corrected chi connectivity index (χ1v) is 7.44. The predicted octanol–water partition coefficient (Wildman–Crippen LogP) is 1.27. The number of likely N-dealkylation sites (N-methyl/N-ethyl adjacent to an activating group) is 1. The molecule has 0 saturated carbocycles. The molecule has 0 bridgehead atoms. The van der Waals surface area contributed by atoms with Crippen LogP contribution in [0, 0.1) is 5.82 Å². The maximum atomic E-state index is 13.5. The number of carbonyl (C=O) groups excluding carboxylic acids is 1. The summed E-state index contributed by atoms with van der Waals surface area (Å²) in [4.78, 5) is 15.6. The van der Waals surface area contributed by atoms with Crippen LogP contribution in [0.2, 0.25) is 0 Å². The summed E-state index contributed by atoms with van der Waals surface area (Å²) in [6, 6.07) is 4.95. The van der Waals surface area contributed by atoms with E-state index in [4.69, 9.17) is 9.47 Å². The molecular weight excluding hydrogens is 287 g/mol. The van der Waals surface area contributed by atoms with Crippen molar-refractivity contribution in [1.82, 2.24) is 9.80 Å². The van der Waals surface area contributed by atoms with Gasteiger partial charge in [-0.25, -0.2) is 4.39 Å². The Bertz CT molecular complexity index is 581. The molecule has 2 saturated heterocycles. The van der Waals surface area contributed by atoms with Gasteiger partial charge in [-0.3, -0.25) is 9.69 Å². The van der Waals surface area contributed by atoms with Crippen LogP contribution >= 0.6 is 0 Å². The molecule has 1 spiro atoms. The van der Waals surface area contributed by atoms with E-state index in [1.54, 1.807) is 17.0 Å². The molecule has 120 valence electrons. The monoisotopic (exact) mass is 308 g/mol. The van der Waals surface area contributed by atoms with E-state index in [-0.39, 0.29) is 29.7 Å². The Balaban J connectivity index is 1.65. The SMILES string of the molecule is COc1cc(CN2CCC3(C2)CN(C)C(=O)CO3)ccc1F. The normalized spacial score (nSPS) is 26.0. The third-order valence-electron chi connectivity index (χ3n) is 4.47. The second-order valence-electron chi connectivity index (χ2n) is 6.15. The van der Waals surface area contributed by atoms with Crippen molar-refractivity contribution in [3.63, 3.8) is 0 Å². The lowest BCUT2D eigenvalue weighted by Gasteiger charge is -2.38. The fraction of sp³-hybridized carbons (Fsp3) is 0.562. The minimum Gasteiger partial charge on any atom is -0.494 e. The number of hydrogen-bond donors (Lipinski definition) is 0. The van der Waals surface area contributed by atoms with E-state index in [0.29, 0.717) is 6.54 Å². The lowest BCUT2D eigenvalue weighted by molar-refractivity contribution is -0.159. The van der Waals surface area contributed by atoms with E-state index >= 15 is 0 Å². The van der Waals surface area contributed by atoms with Crippen LogP contribution in [-0.4, -0.2) is 61.7 Å². The predicted molar refractivity (Wildman–Crippen MR) is 79.2 cm³/mol. The van der Waals surface area contributed by atoms with Gasteiger partial charge in [0.15, 0.2) is 11.6 Å². The highest BCUT2D eigenvalue weighted by molar-refractivity contribution is 5.78. The summed E-state index contributed by atoms with van der Waals surface area (Å²) in [5.74, 6) is -0.0436. The fourth-order valence-corrected chi connectivity index (χ4v) is 3.26. The van der Waals surface area contributed by atoms with Crippen LogP contribution in [0.4, 0.5) is 4.39 Å². The fourth-order valence-electron chi connectivity index (χ4n) is 3.26. The first-order valence-electron chi connectivity index (χ1n) is 7.44. The molecule has 1 amide bonds. The van der Waals surface area contributed by atoms with Gasteiger partial charge in [0.05, 0.1) is 13.7 Å². The van der Waals surface area contributed by atoms with E-state index in [2.05, 4.69) is 4.90 Å². The maximum Gasteiger partial charge on any atom is 0.248 e. The molecule has 2 aliphatic heterocycles. The Morgan fingerprint density at radius 2 is 2.23 bits per heavy atom. The number of methoxy groups -OCH3 is 1. The average Bonchev–Trinajstić information content (AvgIpc) is 2.88. The second kappa shape index (κ2) is 5.85. The second-order valence-corrected chi connectivity index (χ2v) is 6.15. The summed E-state index contributed by atoms with van der Waals surface area (Å²) < 4.78 is 24.3. The third-order valence-corrected chi connectivity index (χ3v) is 4.47. The Morgan fingerprint density at radius 3 is 2.95 bits per heavy atom. The number of nitrogens with zero attached hydrogens (tertiary/aromatic N) is 2. The van der Waals surface area contributed by atoms with Gasteiger partial charge >= 0.3 is 0 Å². The number of likely N-dealkylation sites (tertiary alicyclic amines) is 1. The first kappa shape index (κ1) is 15.2. The number of halogens is 1. The van der Waals surface area contributed by atoms with Gasteiger partial charge in [0.1, 0.15) is 12.2 Å². The molecule has 2 heterocycles. The van der Waals surface area contributed by atoms with Crippen LogP contribution in [0.1, 0.15) is 12.0 Å². The molecule has 0 N–H and O–H groups in total. The van der Waals surface area contributed by atoms with E-state index < -0.39 is 0 Å². The minimum atomic E-state index is -0.347. The van der Waals surface area contributed by atoms with Crippen molar-refractivity contribution in [2.45, 2.75) is 18.6 Å². The van der Waals surface area contributed by atoms with Gasteiger partial charge in [0, 0.05) is 26.7 Å². The highest BCUT2D eigenvalue weighted by atomic mass is 19.1. The minimum absolute atomic E-state index is 0.0346. The van der Waals surface area contributed by atoms with Crippen LogP contribution in [0.15, 0.2) is 18.2 Å². The van der Waals surface area contributed by atoms with Crippen LogP contribution in [0.5, 0.6) is 5.75 Å². The molecule has 22 heavy (non-hydrogen) atoms. The van der Waals surface area contributed by atoms with Gasteiger partial charge in [-0.05, 0) is 24.1 Å². The molecule has 2 aliphatic rings. The van der Waals surface area contributed by atoms with E-state index in [9.17, 15) is 9.18 Å². The van der Waals surface area contributed by atoms with Gasteiger partial charge < -0.3 is 14.4 Å². The zero-order valence-corrected chi connectivity index (χ0v) is 13.0. The maximum absolute atomic E-state index is 13.5. The molecule has 1 unspecified atom stereocenters. The van der Waals surface area contributed by atoms with Gasteiger partial charge in [-0.15, -0.1) is 0 Å². The molecular formula is C16H21FN2O3. The summed E-state index contributed by atoms with van der Waals surface area (Å²) in [7, 11) is 3.29. The largest absolute Gasteiger partial charge is 0.494 e. The van der Waals surface area contributed by atoms with Crippen molar-refractivity contribution >= 4 is 5.91 Å². The van der Waals surface area contributed by atoms with E-state index in [0.717, 1.165) is 31.6 Å². The van der Waals surface area contributed by atoms with Crippen molar-refractivity contribution in [3.8, 4) is 5.75 Å². The molecule has 0 aromatic heterocycles. The number of amides is 1. The number of hydrogen-bond acceptors (Lipinski definition) is 4. The number of carbonyl (C=O) groups is 1. The first-order chi connectivity index (χ1) is 10.5. The number of benzene rings is 1. The summed E-state index contributed by atoms with van der Waals surface area (Å²) in [5, 5.41) is 0. The highest BCUT2D eigenvalue weighted by Gasteiger charge is 2.43. The smallest absolute Gasteiger partial charge is 0.248 e. The van der Waals surface area contributed by atoms with E-state index in [1.165, 1.54) is 13.2 Å². The Morgan fingerprint density at radius 1 is 1.41 bits per heavy atom. The van der Waals surface area contributed by atoms with Crippen LogP contribution in [-0.2, 0) is 16.1 Å². The zero-order chi connectivity index (χ0) is 15.7. The average molecular weight is 308 g/mol. The van der Waals surface area contributed by atoms with Gasteiger partial charge in [-0.2, -0.15) is 0 Å². The van der Waals surface area contributed by atoms with Crippen molar-refractivity contribution in [3.05, 3.63) is 29.6 Å². The van der Waals surface area contributed by atoms with Crippen LogP contribution in [0.3, 0.4) is 0 Å².